The lowest BCUT2D eigenvalue weighted by molar-refractivity contribution is 0.103. The highest BCUT2D eigenvalue weighted by Crippen LogP contribution is 2.25. The topological polar surface area (TPSA) is 44.7 Å². The Balaban J connectivity index is 1.83. The standard InChI is InChI=1S/C22H32N2O2/c1-16-11-12-17(2)22(18(16)3)26-15-20(25)13-23-14-21(24(4)5)19-9-7-6-8-10-19/h6-12,20-21,23,25H,13-15H2,1-5H3/t20-,21+/m1/s1. The Morgan fingerprint density at radius 1 is 0.962 bits per heavy atom. The minimum Gasteiger partial charge on any atom is -0.490 e. The zero-order valence-corrected chi connectivity index (χ0v) is 16.6. The second-order valence-corrected chi connectivity index (χ2v) is 7.17. The van der Waals surface area contributed by atoms with Gasteiger partial charge in [0.2, 0.25) is 0 Å². The van der Waals surface area contributed by atoms with E-state index in [1.807, 2.05) is 13.0 Å². The number of hydrogen-bond donors (Lipinski definition) is 2. The summed E-state index contributed by atoms with van der Waals surface area (Å²) in [5.41, 5.74) is 4.71. The molecule has 0 fully saturated rings. The third-order valence-electron chi connectivity index (χ3n) is 4.82. The lowest BCUT2D eigenvalue weighted by Crippen LogP contribution is -2.37. The Morgan fingerprint density at radius 2 is 1.62 bits per heavy atom. The van der Waals surface area contributed by atoms with E-state index in [4.69, 9.17) is 4.74 Å². The van der Waals surface area contributed by atoms with Crippen LogP contribution in [0.15, 0.2) is 42.5 Å². The van der Waals surface area contributed by atoms with Crippen molar-refractivity contribution in [3.8, 4) is 5.75 Å². The predicted octanol–water partition coefficient (Wildman–Crippen LogP) is 3.24. The van der Waals surface area contributed by atoms with Crippen LogP contribution in [0.1, 0.15) is 28.3 Å². The van der Waals surface area contributed by atoms with Crippen LogP contribution >= 0.6 is 0 Å². The van der Waals surface area contributed by atoms with Gasteiger partial charge in [-0.3, -0.25) is 0 Å². The number of nitrogens with zero attached hydrogens (tertiary/aromatic N) is 1. The Bertz CT molecular complexity index is 686. The number of hydrogen-bond acceptors (Lipinski definition) is 4. The van der Waals surface area contributed by atoms with Gasteiger partial charge in [0.05, 0.1) is 0 Å². The smallest absolute Gasteiger partial charge is 0.125 e. The monoisotopic (exact) mass is 356 g/mol. The first-order chi connectivity index (χ1) is 12.4. The van der Waals surface area contributed by atoms with Crippen molar-refractivity contribution in [1.29, 1.82) is 0 Å². The molecule has 2 aromatic rings. The van der Waals surface area contributed by atoms with Crippen molar-refractivity contribution in [3.05, 3.63) is 64.7 Å². The van der Waals surface area contributed by atoms with E-state index >= 15 is 0 Å². The van der Waals surface area contributed by atoms with Crippen LogP contribution in [-0.4, -0.2) is 49.9 Å². The van der Waals surface area contributed by atoms with Crippen LogP contribution in [0.4, 0.5) is 0 Å². The SMILES string of the molecule is Cc1ccc(C)c(OC[C@H](O)CNC[C@@H](c2ccccc2)N(C)C)c1C. The van der Waals surface area contributed by atoms with Crippen LogP contribution in [0.25, 0.3) is 0 Å². The molecule has 0 heterocycles. The fraction of sp³-hybridized carbons (Fsp3) is 0.455. The highest BCUT2D eigenvalue weighted by atomic mass is 16.5. The van der Waals surface area contributed by atoms with E-state index in [0.717, 1.165) is 23.4 Å². The predicted molar refractivity (Wildman–Crippen MR) is 108 cm³/mol. The number of ether oxygens (including phenoxy) is 1. The molecular formula is C22H32N2O2. The molecule has 0 amide bonds. The minimum atomic E-state index is -0.548. The summed E-state index contributed by atoms with van der Waals surface area (Å²) in [6, 6.07) is 14.8. The van der Waals surface area contributed by atoms with E-state index in [1.165, 1.54) is 11.1 Å². The van der Waals surface area contributed by atoms with Crippen LogP contribution in [0.5, 0.6) is 5.75 Å². The Kier molecular flexibility index (Phi) is 7.64. The Morgan fingerprint density at radius 3 is 2.27 bits per heavy atom. The molecule has 2 atom stereocenters. The molecule has 4 heteroatoms. The van der Waals surface area contributed by atoms with Crippen molar-refractivity contribution >= 4 is 0 Å². The molecule has 2 N–H and O–H groups in total. The zero-order chi connectivity index (χ0) is 19.1. The van der Waals surface area contributed by atoms with Crippen LogP contribution in [0.2, 0.25) is 0 Å². The number of aliphatic hydroxyl groups is 1. The molecule has 142 valence electrons. The van der Waals surface area contributed by atoms with E-state index in [1.54, 1.807) is 0 Å². The molecule has 4 nitrogen and oxygen atoms in total. The van der Waals surface area contributed by atoms with Crippen LogP contribution in [0, 0.1) is 20.8 Å². The molecule has 0 aliphatic rings. The highest BCUT2D eigenvalue weighted by molar-refractivity contribution is 5.44. The largest absolute Gasteiger partial charge is 0.490 e. The normalized spacial score (nSPS) is 13.7. The van der Waals surface area contributed by atoms with Gasteiger partial charge in [-0.2, -0.15) is 0 Å². The van der Waals surface area contributed by atoms with Crippen molar-refractivity contribution < 1.29 is 9.84 Å². The van der Waals surface area contributed by atoms with Crippen LogP contribution in [0.3, 0.4) is 0 Å². The maximum absolute atomic E-state index is 10.3. The first kappa shape index (κ1) is 20.4. The number of benzene rings is 2. The zero-order valence-electron chi connectivity index (χ0n) is 16.6. The molecule has 0 aliphatic carbocycles. The van der Waals surface area contributed by atoms with Gasteiger partial charge in [-0.15, -0.1) is 0 Å². The number of likely N-dealkylation sites (N-methyl/N-ethyl adjacent to an activating group) is 1. The van der Waals surface area contributed by atoms with Gasteiger partial charge in [-0.25, -0.2) is 0 Å². The lowest BCUT2D eigenvalue weighted by atomic mass is 10.1. The maximum Gasteiger partial charge on any atom is 0.125 e. The fourth-order valence-corrected chi connectivity index (χ4v) is 3.05. The minimum absolute atomic E-state index is 0.269. The average molecular weight is 357 g/mol. The van der Waals surface area contributed by atoms with E-state index in [2.05, 4.69) is 74.6 Å². The van der Waals surface area contributed by atoms with E-state index in [0.29, 0.717) is 6.54 Å². The van der Waals surface area contributed by atoms with Crippen molar-refractivity contribution in [2.45, 2.75) is 32.9 Å². The molecule has 2 rings (SSSR count). The van der Waals surface area contributed by atoms with Gasteiger partial charge in [0.1, 0.15) is 18.5 Å². The van der Waals surface area contributed by atoms with Crippen molar-refractivity contribution in [1.82, 2.24) is 10.2 Å². The fourth-order valence-electron chi connectivity index (χ4n) is 3.05. The van der Waals surface area contributed by atoms with Crippen LogP contribution < -0.4 is 10.1 Å². The Labute approximate surface area is 157 Å². The van der Waals surface area contributed by atoms with Gasteiger partial charge in [0, 0.05) is 19.1 Å². The third kappa shape index (κ3) is 5.56. The van der Waals surface area contributed by atoms with Gasteiger partial charge in [0.25, 0.3) is 0 Å². The summed E-state index contributed by atoms with van der Waals surface area (Å²) >= 11 is 0. The quantitative estimate of drug-likeness (QED) is 0.724. The number of nitrogens with one attached hydrogen (secondary N) is 1. The van der Waals surface area contributed by atoms with Crippen molar-refractivity contribution in [2.75, 3.05) is 33.8 Å². The Hall–Kier alpha value is -1.88. The molecule has 0 aromatic heterocycles. The number of aryl methyl sites for hydroxylation is 2. The molecule has 0 saturated heterocycles. The van der Waals surface area contributed by atoms with Crippen molar-refractivity contribution in [3.63, 3.8) is 0 Å². The summed E-state index contributed by atoms with van der Waals surface area (Å²) in [7, 11) is 4.14. The summed E-state index contributed by atoms with van der Waals surface area (Å²) in [5.74, 6) is 0.888. The summed E-state index contributed by atoms with van der Waals surface area (Å²) in [6.07, 6.45) is -0.548. The summed E-state index contributed by atoms with van der Waals surface area (Å²) < 4.78 is 5.90. The molecule has 0 aliphatic heterocycles. The van der Waals surface area contributed by atoms with E-state index in [9.17, 15) is 5.11 Å². The van der Waals surface area contributed by atoms with Gasteiger partial charge in [-0.05, 0) is 57.1 Å². The second kappa shape index (κ2) is 9.72. The van der Waals surface area contributed by atoms with Gasteiger partial charge >= 0.3 is 0 Å². The molecular weight excluding hydrogens is 324 g/mol. The highest BCUT2D eigenvalue weighted by Gasteiger charge is 2.15. The third-order valence-corrected chi connectivity index (χ3v) is 4.82. The summed E-state index contributed by atoms with van der Waals surface area (Å²) in [4.78, 5) is 2.19. The number of aliphatic hydroxyl groups excluding tert-OH is 1. The summed E-state index contributed by atoms with van der Waals surface area (Å²) in [5, 5.41) is 13.7. The first-order valence-electron chi connectivity index (χ1n) is 9.20. The van der Waals surface area contributed by atoms with Gasteiger partial charge in [-0.1, -0.05) is 42.5 Å². The van der Waals surface area contributed by atoms with Crippen LogP contribution in [-0.2, 0) is 0 Å². The molecule has 26 heavy (non-hydrogen) atoms. The van der Waals surface area contributed by atoms with Gasteiger partial charge in [0.15, 0.2) is 0 Å². The van der Waals surface area contributed by atoms with Gasteiger partial charge < -0.3 is 20.1 Å². The molecule has 0 bridgehead atoms. The molecule has 0 radical (unpaired) electrons. The average Bonchev–Trinajstić information content (AvgIpc) is 2.62. The number of rotatable bonds is 9. The van der Waals surface area contributed by atoms with E-state index in [-0.39, 0.29) is 12.6 Å². The first-order valence-corrected chi connectivity index (χ1v) is 9.20. The lowest BCUT2D eigenvalue weighted by Gasteiger charge is -2.26. The molecule has 0 spiro atoms. The van der Waals surface area contributed by atoms with Crippen molar-refractivity contribution in [2.24, 2.45) is 0 Å². The van der Waals surface area contributed by atoms with E-state index < -0.39 is 6.10 Å². The second-order valence-electron chi connectivity index (χ2n) is 7.17. The maximum atomic E-state index is 10.3. The molecule has 2 aromatic carbocycles. The summed E-state index contributed by atoms with van der Waals surface area (Å²) in [6.45, 7) is 7.73. The molecule has 0 saturated carbocycles. The molecule has 0 unspecified atom stereocenters.